The molecule has 0 atom stereocenters. The van der Waals surface area contributed by atoms with Crippen LogP contribution in [0.1, 0.15) is 0 Å². The summed E-state index contributed by atoms with van der Waals surface area (Å²) < 4.78 is 15.3. The second-order valence-electron chi connectivity index (χ2n) is 7.09. The molecule has 34 heavy (non-hydrogen) atoms. The molecule has 0 spiro atoms. The highest BCUT2D eigenvalue weighted by molar-refractivity contribution is 7.99. The van der Waals surface area contributed by atoms with Crippen molar-refractivity contribution < 1.29 is 9.18 Å². The lowest BCUT2D eigenvalue weighted by molar-refractivity contribution is -0.113. The number of carbonyl (C=O) groups excluding carboxylic acids is 1. The molecule has 0 fully saturated rings. The van der Waals surface area contributed by atoms with E-state index in [9.17, 15) is 9.18 Å². The fourth-order valence-electron chi connectivity index (χ4n) is 3.23. The van der Waals surface area contributed by atoms with Gasteiger partial charge in [0.2, 0.25) is 5.91 Å². The summed E-state index contributed by atoms with van der Waals surface area (Å²) in [5.41, 5.74) is 3.30. The first-order valence-electron chi connectivity index (χ1n) is 10.2. The average Bonchev–Trinajstić information content (AvgIpc) is 3.52. The van der Waals surface area contributed by atoms with E-state index < -0.39 is 0 Å². The maximum Gasteiger partial charge on any atom is 0.236 e. The molecule has 168 valence electrons. The van der Waals surface area contributed by atoms with Gasteiger partial charge in [-0.2, -0.15) is 0 Å². The lowest BCUT2D eigenvalue weighted by Crippen LogP contribution is -2.14. The van der Waals surface area contributed by atoms with Crippen LogP contribution >= 0.6 is 23.1 Å². The molecule has 5 aromatic rings. The Hall–Kier alpha value is -3.89. The number of nitrogens with one attached hydrogen (secondary N) is 1. The van der Waals surface area contributed by atoms with E-state index >= 15 is 0 Å². The lowest BCUT2D eigenvalue weighted by Gasteiger charge is -2.10. The number of pyridine rings is 1. The average molecular weight is 489 g/mol. The fraction of sp³-hybridized carbons (Fsp3) is 0.0417. The zero-order valence-corrected chi connectivity index (χ0v) is 19.3. The van der Waals surface area contributed by atoms with Crippen LogP contribution in [0, 0.1) is 5.82 Å². The summed E-state index contributed by atoms with van der Waals surface area (Å²) in [4.78, 5) is 21.2. The summed E-state index contributed by atoms with van der Waals surface area (Å²) in [6.07, 6.45) is 3.33. The first kappa shape index (κ1) is 21.9. The van der Waals surface area contributed by atoms with Gasteiger partial charge in [-0.1, -0.05) is 42.1 Å². The van der Waals surface area contributed by atoms with Gasteiger partial charge in [-0.05, 0) is 36.4 Å². The van der Waals surface area contributed by atoms with E-state index in [1.807, 2.05) is 47.8 Å². The zero-order chi connectivity index (χ0) is 23.3. The summed E-state index contributed by atoms with van der Waals surface area (Å²) in [7, 11) is 0. The first-order chi connectivity index (χ1) is 16.7. The molecule has 0 saturated heterocycles. The molecule has 5 rings (SSSR count). The number of amides is 1. The van der Waals surface area contributed by atoms with Crippen LogP contribution in [0.25, 0.3) is 28.3 Å². The van der Waals surface area contributed by atoms with Gasteiger partial charge >= 0.3 is 0 Å². The van der Waals surface area contributed by atoms with Crippen molar-refractivity contribution in [3.63, 3.8) is 0 Å². The third-order valence-electron chi connectivity index (χ3n) is 4.81. The van der Waals surface area contributed by atoms with Crippen LogP contribution in [0.5, 0.6) is 0 Å². The standard InChI is InChI=1S/C24H17FN6OS2/c25-18-6-8-19(9-7-18)31-22(17-10-12-26-13-11-17)29-30-24(31)34-15-21(32)28-23-27-20(14-33-23)16-4-2-1-3-5-16/h1-14H,15H2,(H,27,28,32). The molecule has 1 N–H and O–H groups in total. The van der Waals surface area contributed by atoms with Crippen molar-refractivity contribution >= 4 is 34.1 Å². The number of thiazole rings is 1. The Bertz CT molecular complexity index is 1400. The number of halogens is 1. The Morgan fingerprint density at radius 3 is 2.50 bits per heavy atom. The minimum atomic E-state index is -0.339. The van der Waals surface area contributed by atoms with E-state index in [2.05, 4.69) is 25.5 Å². The van der Waals surface area contributed by atoms with Crippen LogP contribution in [-0.2, 0) is 4.79 Å². The molecule has 3 heterocycles. The third-order valence-corrected chi connectivity index (χ3v) is 6.50. The molecule has 0 aliphatic carbocycles. The highest BCUT2D eigenvalue weighted by Crippen LogP contribution is 2.29. The van der Waals surface area contributed by atoms with E-state index in [4.69, 9.17) is 0 Å². The number of hydrogen-bond acceptors (Lipinski definition) is 7. The van der Waals surface area contributed by atoms with Crippen LogP contribution < -0.4 is 5.32 Å². The van der Waals surface area contributed by atoms with Gasteiger partial charge in [-0.15, -0.1) is 21.5 Å². The molecular formula is C24H17FN6OS2. The van der Waals surface area contributed by atoms with Crippen molar-refractivity contribution in [2.45, 2.75) is 5.16 Å². The number of aromatic nitrogens is 5. The molecule has 0 radical (unpaired) electrons. The van der Waals surface area contributed by atoms with E-state index in [1.165, 1.54) is 35.2 Å². The third kappa shape index (κ3) is 4.87. The van der Waals surface area contributed by atoms with Crippen molar-refractivity contribution in [2.75, 3.05) is 11.1 Å². The van der Waals surface area contributed by atoms with Gasteiger partial charge < -0.3 is 5.32 Å². The molecule has 2 aromatic carbocycles. The maximum atomic E-state index is 13.5. The monoisotopic (exact) mass is 488 g/mol. The minimum Gasteiger partial charge on any atom is -0.301 e. The number of benzene rings is 2. The molecule has 0 bridgehead atoms. The predicted molar refractivity (Wildman–Crippen MR) is 131 cm³/mol. The summed E-state index contributed by atoms with van der Waals surface area (Å²) >= 11 is 2.61. The number of carbonyl (C=O) groups is 1. The Morgan fingerprint density at radius 2 is 1.74 bits per heavy atom. The summed E-state index contributed by atoms with van der Waals surface area (Å²) in [5.74, 6) is 0.132. The van der Waals surface area contributed by atoms with Crippen molar-refractivity contribution in [3.8, 4) is 28.3 Å². The molecular weight excluding hydrogens is 471 g/mol. The SMILES string of the molecule is O=C(CSc1nnc(-c2ccncc2)n1-c1ccc(F)cc1)Nc1nc(-c2ccccc2)cs1. The normalized spacial score (nSPS) is 10.9. The van der Waals surface area contributed by atoms with Crippen LogP contribution in [0.2, 0.25) is 0 Å². The second-order valence-corrected chi connectivity index (χ2v) is 8.90. The highest BCUT2D eigenvalue weighted by atomic mass is 32.2. The van der Waals surface area contributed by atoms with Crippen molar-refractivity contribution in [1.29, 1.82) is 0 Å². The van der Waals surface area contributed by atoms with Crippen LogP contribution in [0.15, 0.2) is 89.7 Å². The van der Waals surface area contributed by atoms with E-state index in [0.717, 1.165) is 16.8 Å². The van der Waals surface area contributed by atoms with Gasteiger partial charge in [0, 0.05) is 34.6 Å². The fourth-order valence-corrected chi connectivity index (χ4v) is 4.72. The van der Waals surface area contributed by atoms with Crippen molar-refractivity contribution in [1.82, 2.24) is 24.7 Å². The maximum absolute atomic E-state index is 13.5. The van der Waals surface area contributed by atoms with Gasteiger partial charge in [0.25, 0.3) is 0 Å². The number of thioether (sulfide) groups is 1. The second kappa shape index (κ2) is 9.94. The summed E-state index contributed by atoms with van der Waals surface area (Å²) in [6.45, 7) is 0. The van der Waals surface area contributed by atoms with Gasteiger partial charge in [-0.3, -0.25) is 14.3 Å². The molecule has 7 nitrogen and oxygen atoms in total. The molecule has 1 amide bonds. The van der Waals surface area contributed by atoms with E-state index in [1.54, 1.807) is 29.1 Å². The number of hydrogen-bond donors (Lipinski definition) is 1. The van der Waals surface area contributed by atoms with Crippen LogP contribution in [0.4, 0.5) is 9.52 Å². The van der Waals surface area contributed by atoms with E-state index in [0.29, 0.717) is 21.8 Å². The van der Waals surface area contributed by atoms with Gasteiger partial charge in [0.05, 0.1) is 11.4 Å². The first-order valence-corrected chi connectivity index (χ1v) is 12.1. The molecule has 0 saturated carbocycles. The smallest absolute Gasteiger partial charge is 0.236 e. The molecule has 0 unspecified atom stereocenters. The van der Waals surface area contributed by atoms with E-state index in [-0.39, 0.29) is 17.5 Å². The molecule has 3 aromatic heterocycles. The Kier molecular flexibility index (Phi) is 6.41. The summed E-state index contributed by atoms with van der Waals surface area (Å²) in [6, 6.07) is 19.5. The van der Waals surface area contributed by atoms with Crippen LogP contribution in [0.3, 0.4) is 0 Å². The Morgan fingerprint density at radius 1 is 0.971 bits per heavy atom. The highest BCUT2D eigenvalue weighted by Gasteiger charge is 2.18. The predicted octanol–water partition coefficient (Wildman–Crippen LogP) is 5.32. The Labute approximate surface area is 202 Å². The quantitative estimate of drug-likeness (QED) is 0.312. The largest absolute Gasteiger partial charge is 0.301 e. The van der Waals surface area contributed by atoms with Crippen molar-refractivity contribution in [3.05, 3.63) is 90.3 Å². The zero-order valence-electron chi connectivity index (χ0n) is 17.6. The topological polar surface area (TPSA) is 85.6 Å². The number of nitrogens with zero attached hydrogens (tertiary/aromatic N) is 5. The van der Waals surface area contributed by atoms with Gasteiger partial charge in [0.1, 0.15) is 5.82 Å². The van der Waals surface area contributed by atoms with Gasteiger partial charge in [-0.25, -0.2) is 9.37 Å². The lowest BCUT2D eigenvalue weighted by atomic mass is 10.2. The number of rotatable bonds is 7. The van der Waals surface area contributed by atoms with Crippen molar-refractivity contribution in [2.24, 2.45) is 0 Å². The summed E-state index contributed by atoms with van der Waals surface area (Å²) in [5, 5.41) is 14.4. The van der Waals surface area contributed by atoms with Crippen LogP contribution in [-0.4, -0.2) is 36.4 Å². The minimum absolute atomic E-state index is 0.107. The molecule has 0 aliphatic heterocycles. The number of anilines is 1. The Balaban J connectivity index is 1.33. The molecule has 10 heteroatoms. The molecule has 0 aliphatic rings. The van der Waals surface area contributed by atoms with Gasteiger partial charge in [0.15, 0.2) is 16.1 Å².